The number of nitrogens with zero attached hydrogens (tertiary/aromatic N) is 3. The molecule has 3 atom stereocenters. The van der Waals surface area contributed by atoms with Gasteiger partial charge >= 0.3 is 0 Å². The zero-order chi connectivity index (χ0) is 25.2. The molecule has 0 bridgehead atoms. The lowest BCUT2D eigenvalue weighted by Crippen LogP contribution is -2.38. The Kier molecular flexibility index (Phi) is 7.27. The molecule has 0 saturated carbocycles. The molecule has 4 aliphatic rings. The minimum absolute atomic E-state index is 0.0106. The van der Waals surface area contributed by atoms with Crippen LogP contribution in [0.5, 0.6) is 0 Å². The van der Waals surface area contributed by atoms with Gasteiger partial charge in [0.1, 0.15) is 6.10 Å². The predicted molar refractivity (Wildman–Crippen MR) is 139 cm³/mol. The quantitative estimate of drug-likeness (QED) is 0.610. The Labute approximate surface area is 216 Å². The number of carbonyl (C=O) groups is 3. The van der Waals surface area contributed by atoms with Gasteiger partial charge < -0.3 is 19.9 Å². The van der Waals surface area contributed by atoms with Crippen molar-refractivity contribution >= 4 is 40.7 Å². The Hall–Kier alpha value is -2.94. The first-order chi connectivity index (χ1) is 17.4. The SMILES string of the molecule is CN(C(=O)CN1CCCC1)c1ccc(N2CC(CNC(=O)C3C=C4C=CC(Cl)=CC4O3)CC2=O)cc1. The third kappa shape index (κ3) is 5.40. The van der Waals surface area contributed by atoms with Crippen molar-refractivity contribution in [2.75, 3.05) is 49.6 Å². The molecule has 1 aromatic rings. The van der Waals surface area contributed by atoms with Crippen molar-refractivity contribution < 1.29 is 19.1 Å². The van der Waals surface area contributed by atoms with Gasteiger partial charge in [-0.25, -0.2) is 0 Å². The van der Waals surface area contributed by atoms with Crippen molar-refractivity contribution in [1.82, 2.24) is 10.2 Å². The number of likely N-dealkylation sites (tertiary alicyclic amines) is 1. The summed E-state index contributed by atoms with van der Waals surface area (Å²) < 4.78 is 5.78. The van der Waals surface area contributed by atoms with E-state index in [1.807, 2.05) is 30.3 Å². The summed E-state index contributed by atoms with van der Waals surface area (Å²) in [5.41, 5.74) is 2.52. The maximum absolute atomic E-state index is 12.7. The van der Waals surface area contributed by atoms with E-state index in [9.17, 15) is 14.4 Å². The average Bonchev–Trinajstić information content (AvgIpc) is 3.62. The molecule has 8 nitrogen and oxygen atoms in total. The van der Waals surface area contributed by atoms with E-state index in [-0.39, 0.29) is 29.7 Å². The van der Waals surface area contributed by atoms with Crippen LogP contribution in [0.2, 0.25) is 0 Å². The van der Waals surface area contributed by atoms with Crippen LogP contribution in [0, 0.1) is 5.92 Å². The lowest BCUT2D eigenvalue weighted by atomic mass is 10.1. The molecule has 0 spiro atoms. The number of anilines is 2. The Morgan fingerprint density at radius 3 is 2.64 bits per heavy atom. The lowest BCUT2D eigenvalue weighted by molar-refractivity contribution is -0.130. The van der Waals surface area contributed by atoms with Crippen LogP contribution in [-0.2, 0) is 19.1 Å². The van der Waals surface area contributed by atoms with Crippen molar-refractivity contribution in [2.45, 2.75) is 31.5 Å². The van der Waals surface area contributed by atoms with Crippen LogP contribution in [0.4, 0.5) is 11.4 Å². The number of rotatable bonds is 7. The van der Waals surface area contributed by atoms with Crippen molar-refractivity contribution in [3.63, 3.8) is 0 Å². The number of benzene rings is 1. The van der Waals surface area contributed by atoms with Gasteiger partial charge in [0.05, 0.1) is 6.54 Å². The Bertz CT molecular complexity index is 1120. The lowest BCUT2D eigenvalue weighted by Gasteiger charge is -2.23. The third-order valence-corrected chi connectivity index (χ3v) is 7.47. The van der Waals surface area contributed by atoms with Crippen molar-refractivity contribution in [3.8, 4) is 0 Å². The molecule has 3 unspecified atom stereocenters. The highest BCUT2D eigenvalue weighted by molar-refractivity contribution is 6.31. The molecule has 3 aliphatic heterocycles. The molecule has 9 heteroatoms. The van der Waals surface area contributed by atoms with Gasteiger partial charge in [-0.05, 0) is 74.0 Å². The minimum atomic E-state index is -0.667. The van der Waals surface area contributed by atoms with Crippen molar-refractivity contribution in [2.24, 2.45) is 5.92 Å². The molecule has 3 heterocycles. The fourth-order valence-electron chi connectivity index (χ4n) is 5.10. The largest absolute Gasteiger partial charge is 0.353 e. The number of ether oxygens (including phenoxy) is 1. The van der Waals surface area contributed by atoms with Gasteiger partial charge in [-0.1, -0.05) is 17.7 Å². The van der Waals surface area contributed by atoms with E-state index in [4.69, 9.17) is 16.3 Å². The first kappa shape index (κ1) is 24.7. The highest BCUT2D eigenvalue weighted by Gasteiger charge is 2.34. The van der Waals surface area contributed by atoms with E-state index < -0.39 is 6.10 Å². The number of hydrogen-bond acceptors (Lipinski definition) is 5. The van der Waals surface area contributed by atoms with E-state index in [0.717, 1.165) is 42.9 Å². The Balaban J connectivity index is 1.12. The molecule has 0 aromatic heterocycles. The maximum Gasteiger partial charge on any atom is 0.253 e. The molecule has 3 amide bonds. The number of allylic oxidation sites excluding steroid dienone is 2. The van der Waals surface area contributed by atoms with Crippen LogP contribution >= 0.6 is 11.6 Å². The molecule has 1 aliphatic carbocycles. The van der Waals surface area contributed by atoms with Crippen LogP contribution < -0.4 is 15.1 Å². The summed E-state index contributed by atoms with van der Waals surface area (Å²) in [5, 5.41) is 3.53. The van der Waals surface area contributed by atoms with E-state index in [1.54, 1.807) is 35.1 Å². The second-order valence-corrected chi connectivity index (χ2v) is 10.2. The molecule has 190 valence electrons. The van der Waals surface area contributed by atoms with E-state index in [1.165, 1.54) is 0 Å². The van der Waals surface area contributed by atoms with E-state index in [0.29, 0.717) is 31.1 Å². The second-order valence-electron chi connectivity index (χ2n) is 9.80. The van der Waals surface area contributed by atoms with Crippen molar-refractivity contribution in [1.29, 1.82) is 0 Å². The molecule has 2 fully saturated rings. The maximum atomic E-state index is 12.7. The second kappa shape index (κ2) is 10.6. The van der Waals surface area contributed by atoms with Crippen LogP contribution in [0.25, 0.3) is 0 Å². The molecule has 1 aromatic carbocycles. The molecule has 0 radical (unpaired) electrons. The molecule has 5 rings (SSSR count). The Morgan fingerprint density at radius 1 is 1.14 bits per heavy atom. The third-order valence-electron chi connectivity index (χ3n) is 7.22. The van der Waals surface area contributed by atoms with Gasteiger partial charge in [0.25, 0.3) is 5.91 Å². The van der Waals surface area contributed by atoms with Crippen LogP contribution in [0.3, 0.4) is 0 Å². The highest BCUT2D eigenvalue weighted by Crippen LogP contribution is 2.29. The Morgan fingerprint density at radius 2 is 1.89 bits per heavy atom. The van der Waals surface area contributed by atoms with Gasteiger partial charge in [0, 0.05) is 48.9 Å². The molecule has 36 heavy (non-hydrogen) atoms. The van der Waals surface area contributed by atoms with Crippen molar-refractivity contribution in [3.05, 3.63) is 59.2 Å². The minimum Gasteiger partial charge on any atom is -0.353 e. The van der Waals surface area contributed by atoms with Gasteiger partial charge in [-0.3, -0.25) is 19.3 Å². The number of halogens is 1. The smallest absolute Gasteiger partial charge is 0.253 e. The van der Waals surface area contributed by atoms with Gasteiger partial charge in [0.2, 0.25) is 11.8 Å². The number of fused-ring (bicyclic) bond motifs is 1. The predicted octanol–water partition coefficient (Wildman–Crippen LogP) is 2.60. The zero-order valence-corrected chi connectivity index (χ0v) is 21.1. The molecular formula is C27H31ClN4O4. The standard InChI is InChI=1S/C27H31ClN4O4/c1-30(26(34)17-31-10-2-3-11-31)21-6-8-22(9-7-21)32-16-18(12-25(32)33)15-29-27(35)24-13-19-4-5-20(28)14-23(19)36-24/h4-9,13-14,18,23-24H,2-3,10-12,15-17H2,1H3,(H,29,35). The van der Waals surface area contributed by atoms with Crippen LogP contribution in [0.1, 0.15) is 19.3 Å². The summed E-state index contributed by atoms with van der Waals surface area (Å²) in [6.45, 7) is 3.31. The number of nitrogens with one attached hydrogen (secondary N) is 1. The normalized spacial score (nSPS) is 25.6. The fourth-order valence-corrected chi connectivity index (χ4v) is 5.27. The molecule has 1 N–H and O–H groups in total. The zero-order valence-electron chi connectivity index (χ0n) is 20.4. The first-order valence-electron chi connectivity index (χ1n) is 12.5. The summed E-state index contributed by atoms with van der Waals surface area (Å²) in [5.74, 6) is -0.118. The summed E-state index contributed by atoms with van der Waals surface area (Å²) in [7, 11) is 1.78. The highest BCUT2D eigenvalue weighted by atomic mass is 35.5. The summed E-state index contributed by atoms with van der Waals surface area (Å²) in [4.78, 5) is 43.5. The van der Waals surface area contributed by atoms with Gasteiger partial charge in [0.15, 0.2) is 6.10 Å². The summed E-state index contributed by atoms with van der Waals surface area (Å²) in [6, 6.07) is 7.50. The van der Waals surface area contributed by atoms with Gasteiger partial charge in [-0.2, -0.15) is 0 Å². The average molecular weight is 511 g/mol. The topological polar surface area (TPSA) is 82.2 Å². The monoisotopic (exact) mass is 510 g/mol. The van der Waals surface area contributed by atoms with Gasteiger partial charge in [-0.15, -0.1) is 0 Å². The first-order valence-corrected chi connectivity index (χ1v) is 12.8. The van der Waals surface area contributed by atoms with Crippen LogP contribution in [-0.4, -0.2) is 74.6 Å². The number of amides is 3. The number of likely N-dealkylation sites (N-methyl/N-ethyl adjacent to an activating group) is 1. The summed E-state index contributed by atoms with van der Waals surface area (Å²) >= 11 is 6.02. The van der Waals surface area contributed by atoms with Crippen LogP contribution in [0.15, 0.2) is 59.2 Å². The summed E-state index contributed by atoms with van der Waals surface area (Å²) in [6.07, 6.45) is 8.93. The number of carbonyl (C=O) groups excluding carboxylic acids is 3. The molecule has 2 saturated heterocycles. The fraction of sp³-hybridized carbons (Fsp3) is 0.444. The molecular weight excluding hydrogens is 480 g/mol. The number of hydrogen-bond donors (Lipinski definition) is 1. The van der Waals surface area contributed by atoms with E-state index in [2.05, 4.69) is 10.2 Å². The van der Waals surface area contributed by atoms with E-state index >= 15 is 0 Å².